The van der Waals surface area contributed by atoms with Crippen LogP contribution in [-0.4, -0.2) is 53.6 Å². The predicted octanol–water partition coefficient (Wildman–Crippen LogP) is 1.55. The van der Waals surface area contributed by atoms with Gasteiger partial charge in [0.25, 0.3) is 0 Å². The molecule has 5 heteroatoms. The van der Waals surface area contributed by atoms with Gasteiger partial charge in [0.2, 0.25) is 5.91 Å². The first-order chi connectivity index (χ1) is 9.16. The van der Waals surface area contributed by atoms with E-state index in [9.17, 15) is 4.79 Å². The summed E-state index contributed by atoms with van der Waals surface area (Å²) in [5, 5.41) is 0. The van der Waals surface area contributed by atoms with E-state index in [1.807, 2.05) is 18.7 Å². The summed E-state index contributed by atoms with van der Waals surface area (Å²) in [5.74, 6) is -0.419. The number of ether oxygens (including phenoxy) is 3. The Hall–Kier alpha value is -0.650. The number of carbonyl (C=O) groups is 1. The van der Waals surface area contributed by atoms with E-state index in [4.69, 9.17) is 14.2 Å². The second-order valence-electron chi connectivity index (χ2n) is 7.54. The Morgan fingerprint density at radius 3 is 2.60 bits per heavy atom. The summed E-state index contributed by atoms with van der Waals surface area (Å²) in [6.07, 6.45) is 0.949. The van der Waals surface area contributed by atoms with Gasteiger partial charge in [0.15, 0.2) is 5.79 Å². The Bertz CT molecular complexity index is 415. The van der Waals surface area contributed by atoms with Crippen LogP contribution in [0.15, 0.2) is 0 Å². The molecule has 0 unspecified atom stereocenters. The van der Waals surface area contributed by atoms with E-state index < -0.39 is 5.79 Å². The molecule has 1 amide bonds. The van der Waals surface area contributed by atoms with Gasteiger partial charge in [0.05, 0.1) is 30.3 Å². The smallest absolute Gasteiger partial charge is 0.230 e. The van der Waals surface area contributed by atoms with Crippen LogP contribution in [0.5, 0.6) is 0 Å². The highest BCUT2D eigenvalue weighted by atomic mass is 16.7. The molecule has 3 saturated heterocycles. The maximum Gasteiger partial charge on any atom is 0.230 e. The average molecular weight is 283 g/mol. The minimum Gasteiger partial charge on any atom is -0.371 e. The third-order valence-corrected chi connectivity index (χ3v) is 4.24. The summed E-state index contributed by atoms with van der Waals surface area (Å²) in [4.78, 5) is 14.2. The van der Waals surface area contributed by atoms with Crippen LogP contribution in [0.1, 0.15) is 41.0 Å². The highest BCUT2D eigenvalue weighted by Crippen LogP contribution is 2.43. The summed E-state index contributed by atoms with van der Waals surface area (Å²) in [6.45, 7) is 11.2. The van der Waals surface area contributed by atoms with Crippen LogP contribution >= 0.6 is 0 Å². The number of carbonyl (C=O) groups excluding carboxylic acids is 1. The number of hydrogen-bond acceptors (Lipinski definition) is 4. The molecule has 3 fully saturated rings. The SMILES string of the molecule is CC(C)(C)O[C@@H]1C[C@H]2[C@@H]([C@H]3COC(C)(C)O3)C(=O)N2C1. The monoisotopic (exact) mass is 283 g/mol. The molecule has 114 valence electrons. The molecular formula is C15H25NO4. The molecule has 0 radical (unpaired) electrons. The van der Waals surface area contributed by atoms with Crippen molar-refractivity contribution in [2.45, 2.75) is 70.7 Å². The van der Waals surface area contributed by atoms with Gasteiger partial charge in [-0.25, -0.2) is 0 Å². The fourth-order valence-electron chi connectivity index (χ4n) is 3.58. The maximum absolute atomic E-state index is 12.3. The van der Waals surface area contributed by atoms with Crippen molar-refractivity contribution in [2.24, 2.45) is 5.92 Å². The Morgan fingerprint density at radius 2 is 2.05 bits per heavy atom. The first-order valence-corrected chi connectivity index (χ1v) is 7.46. The van der Waals surface area contributed by atoms with Gasteiger partial charge in [-0.15, -0.1) is 0 Å². The molecule has 4 atom stereocenters. The molecule has 5 nitrogen and oxygen atoms in total. The zero-order valence-corrected chi connectivity index (χ0v) is 13.0. The second kappa shape index (κ2) is 4.42. The summed E-state index contributed by atoms with van der Waals surface area (Å²) < 4.78 is 17.5. The maximum atomic E-state index is 12.3. The van der Waals surface area contributed by atoms with Crippen LogP contribution in [0.3, 0.4) is 0 Å². The molecule has 0 aliphatic carbocycles. The molecule has 0 aromatic carbocycles. The van der Waals surface area contributed by atoms with Crippen molar-refractivity contribution in [1.29, 1.82) is 0 Å². The molecule has 0 spiro atoms. The number of fused-ring (bicyclic) bond motifs is 1. The lowest BCUT2D eigenvalue weighted by Crippen LogP contribution is -2.62. The van der Waals surface area contributed by atoms with E-state index in [-0.39, 0.29) is 35.7 Å². The Labute approximate surface area is 120 Å². The molecule has 3 rings (SSSR count). The second-order valence-corrected chi connectivity index (χ2v) is 7.54. The first kappa shape index (κ1) is 14.3. The van der Waals surface area contributed by atoms with E-state index in [1.54, 1.807) is 0 Å². The van der Waals surface area contributed by atoms with E-state index in [1.165, 1.54) is 0 Å². The largest absolute Gasteiger partial charge is 0.371 e. The third kappa shape index (κ3) is 2.47. The lowest BCUT2D eigenvalue weighted by Gasteiger charge is -2.44. The fraction of sp³-hybridized carbons (Fsp3) is 0.933. The molecule has 0 saturated carbocycles. The fourth-order valence-corrected chi connectivity index (χ4v) is 3.58. The van der Waals surface area contributed by atoms with Crippen molar-refractivity contribution in [1.82, 2.24) is 4.90 Å². The van der Waals surface area contributed by atoms with Crippen molar-refractivity contribution in [3.63, 3.8) is 0 Å². The lowest BCUT2D eigenvalue weighted by molar-refractivity contribution is -0.174. The van der Waals surface area contributed by atoms with Gasteiger partial charge in [-0.1, -0.05) is 0 Å². The van der Waals surface area contributed by atoms with E-state index in [2.05, 4.69) is 20.8 Å². The van der Waals surface area contributed by atoms with Crippen molar-refractivity contribution in [3.8, 4) is 0 Å². The molecule has 3 aliphatic rings. The van der Waals surface area contributed by atoms with Crippen LogP contribution in [0, 0.1) is 5.92 Å². The Kier molecular flexibility index (Phi) is 3.16. The van der Waals surface area contributed by atoms with Crippen LogP contribution in [0.25, 0.3) is 0 Å². The Morgan fingerprint density at radius 1 is 1.35 bits per heavy atom. The van der Waals surface area contributed by atoms with Crippen molar-refractivity contribution in [3.05, 3.63) is 0 Å². The van der Waals surface area contributed by atoms with Gasteiger partial charge < -0.3 is 19.1 Å². The van der Waals surface area contributed by atoms with Crippen LogP contribution in [0.2, 0.25) is 0 Å². The highest BCUT2D eigenvalue weighted by molar-refractivity contribution is 5.87. The zero-order valence-electron chi connectivity index (χ0n) is 13.0. The molecule has 3 aliphatic heterocycles. The van der Waals surface area contributed by atoms with Gasteiger partial charge in [-0.05, 0) is 41.0 Å². The number of amides is 1. The number of hydrogen-bond donors (Lipinski definition) is 0. The summed E-state index contributed by atoms with van der Waals surface area (Å²) in [6, 6.07) is 0.261. The molecular weight excluding hydrogens is 258 g/mol. The lowest BCUT2D eigenvalue weighted by atomic mass is 9.83. The number of β-lactam (4-membered cyclic amide) rings is 1. The minimum atomic E-state index is -0.564. The number of nitrogens with zero attached hydrogens (tertiary/aromatic N) is 1. The summed E-state index contributed by atoms with van der Waals surface area (Å²) >= 11 is 0. The number of rotatable bonds is 2. The molecule has 20 heavy (non-hydrogen) atoms. The average Bonchev–Trinajstić information content (AvgIpc) is 2.79. The zero-order chi connectivity index (χ0) is 14.7. The van der Waals surface area contributed by atoms with Gasteiger partial charge in [-0.2, -0.15) is 0 Å². The van der Waals surface area contributed by atoms with E-state index in [0.29, 0.717) is 13.2 Å². The third-order valence-electron chi connectivity index (χ3n) is 4.24. The molecule has 0 N–H and O–H groups in total. The molecule has 0 aromatic heterocycles. The van der Waals surface area contributed by atoms with Crippen molar-refractivity contribution < 1.29 is 19.0 Å². The Balaban J connectivity index is 1.63. The van der Waals surface area contributed by atoms with Crippen LogP contribution < -0.4 is 0 Å². The van der Waals surface area contributed by atoms with Crippen molar-refractivity contribution in [2.75, 3.05) is 13.2 Å². The van der Waals surface area contributed by atoms with Crippen LogP contribution in [-0.2, 0) is 19.0 Å². The van der Waals surface area contributed by atoms with Gasteiger partial charge >= 0.3 is 0 Å². The van der Waals surface area contributed by atoms with Gasteiger partial charge in [0.1, 0.15) is 0 Å². The first-order valence-electron chi connectivity index (χ1n) is 7.46. The van der Waals surface area contributed by atoms with E-state index in [0.717, 1.165) is 6.42 Å². The summed E-state index contributed by atoms with van der Waals surface area (Å²) in [7, 11) is 0. The predicted molar refractivity (Wildman–Crippen MR) is 73.1 cm³/mol. The molecule has 3 heterocycles. The van der Waals surface area contributed by atoms with E-state index >= 15 is 0 Å². The van der Waals surface area contributed by atoms with Crippen molar-refractivity contribution >= 4 is 5.91 Å². The topological polar surface area (TPSA) is 48.0 Å². The quantitative estimate of drug-likeness (QED) is 0.722. The summed E-state index contributed by atoms with van der Waals surface area (Å²) in [5.41, 5.74) is -0.164. The molecule has 0 bridgehead atoms. The normalized spacial score (nSPS) is 39.9. The van der Waals surface area contributed by atoms with Crippen LogP contribution in [0.4, 0.5) is 0 Å². The minimum absolute atomic E-state index is 0.0506. The standard InChI is InChI=1S/C15H25NO4/c1-14(2,3)19-9-6-10-12(13(17)16(10)7-9)11-8-18-15(4,5)20-11/h9-12H,6-8H2,1-5H3/t9-,10+,11-,12+/m1/s1. The van der Waals surface area contributed by atoms with Gasteiger partial charge in [-0.3, -0.25) is 4.79 Å². The van der Waals surface area contributed by atoms with Gasteiger partial charge in [0, 0.05) is 12.6 Å². The molecule has 0 aromatic rings. The highest BCUT2D eigenvalue weighted by Gasteiger charge is 2.58.